The molecule has 0 aromatic carbocycles. The Kier molecular flexibility index (Phi) is 3.06. The van der Waals surface area contributed by atoms with Crippen LogP contribution in [0.2, 0.25) is 0 Å². The zero-order valence-electron chi connectivity index (χ0n) is 7.56. The van der Waals surface area contributed by atoms with Crippen LogP contribution in [0.25, 0.3) is 0 Å². The molecule has 4 heteroatoms. The van der Waals surface area contributed by atoms with Gasteiger partial charge in [-0.05, 0) is 0 Å². The Balaban J connectivity index is 2.49. The Morgan fingerprint density at radius 3 is 3.00 bits per heavy atom. The van der Waals surface area contributed by atoms with E-state index in [0.717, 1.165) is 18.9 Å². The summed E-state index contributed by atoms with van der Waals surface area (Å²) in [7, 11) is 1.91. The molecule has 0 bridgehead atoms. The maximum Gasteiger partial charge on any atom is 0.327 e. The normalized spacial score (nSPS) is 23.0. The van der Waals surface area contributed by atoms with E-state index in [0.29, 0.717) is 6.42 Å². The second-order valence-electron chi connectivity index (χ2n) is 3.23. The van der Waals surface area contributed by atoms with Gasteiger partial charge in [-0.1, -0.05) is 0 Å². The van der Waals surface area contributed by atoms with Gasteiger partial charge in [0.05, 0.1) is 0 Å². The van der Waals surface area contributed by atoms with Crippen molar-refractivity contribution in [2.45, 2.75) is 25.3 Å². The molecule has 0 radical (unpaired) electrons. The third kappa shape index (κ3) is 2.89. The standard InChI is InChI=1S/C9H13NO3/c1-10-4-2-3-7(10)5-8(11)6-9(12)13/h4,6-7H,2-3,5H2,1H3,(H-,11,12,13)/b8-6-. The summed E-state index contributed by atoms with van der Waals surface area (Å²) in [6.45, 7) is 0. The molecule has 0 amide bonds. The monoisotopic (exact) mass is 183 g/mol. The topological polar surface area (TPSA) is 63.4 Å². The number of aliphatic carboxylic acids is 1. The lowest BCUT2D eigenvalue weighted by atomic mass is 10.1. The van der Waals surface area contributed by atoms with Gasteiger partial charge in [-0.15, -0.1) is 5.76 Å². The van der Waals surface area contributed by atoms with Gasteiger partial charge in [0.2, 0.25) is 0 Å². The van der Waals surface area contributed by atoms with Crippen molar-refractivity contribution in [1.29, 1.82) is 0 Å². The highest BCUT2D eigenvalue weighted by molar-refractivity contribution is 5.80. The van der Waals surface area contributed by atoms with Crippen molar-refractivity contribution in [3.8, 4) is 0 Å². The highest BCUT2D eigenvalue weighted by Gasteiger charge is 2.21. The molecule has 0 aliphatic carbocycles. The van der Waals surface area contributed by atoms with Crippen molar-refractivity contribution >= 4 is 12.2 Å². The molecular formula is C9H13NO3. The van der Waals surface area contributed by atoms with E-state index in [1.165, 1.54) is 0 Å². The molecule has 0 spiro atoms. The molecule has 4 nitrogen and oxygen atoms in total. The molecule has 0 aromatic rings. The van der Waals surface area contributed by atoms with Crippen LogP contribution in [0.3, 0.4) is 0 Å². The first-order chi connectivity index (χ1) is 6.09. The highest BCUT2D eigenvalue weighted by Crippen LogP contribution is 2.13. The molecule has 0 saturated carbocycles. The van der Waals surface area contributed by atoms with Crippen molar-refractivity contribution in [3.63, 3.8) is 0 Å². The van der Waals surface area contributed by atoms with Crippen LogP contribution in [0, 0.1) is 0 Å². The van der Waals surface area contributed by atoms with E-state index in [2.05, 4.69) is 0 Å². The predicted molar refractivity (Wildman–Crippen MR) is 45.6 cm³/mol. The van der Waals surface area contributed by atoms with E-state index in [1.54, 1.807) is 0 Å². The molecule has 1 atom stereocenters. The van der Waals surface area contributed by atoms with Gasteiger partial charge in [0.25, 0.3) is 0 Å². The minimum absolute atomic E-state index is 0.183. The van der Waals surface area contributed by atoms with Crippen LogP contribution in [0.5, 0.6) is 0 Å². The van der Waals surface area contributed by atoms with Crippen LogP contribution in [0.15, 0.2) is 11.8 Å². The summed E-state index contributed by atoms with van der Waals surface area (Å²) in [5.41, 5.74) is 0. The quantitative estimate of drug-likeness (QED) is 0.367. The van der Waals surface area contributed by atoms with E-state index < -0.39 is 5.97 Å². The summed E-state index contributed by atoms with van der Waals surface area (Å²) in [6, 6.07) is 0.183. The molecular weight excluding hydrogens is 170 g/mol. The summed E-state index contributed by atoms with van der Waals surface area (Å²) < 4.78 is 1.98. The Labute approximate surface area is 76.8 Å². The first kappa shape index (κ1) is 9.77. The molecule has 13 heavy (non-hydrogen) atoms. The lowest BCUT2D eigenvalue weighted by molar-refractivity contribution is -0.528. The maximum atomic E-state index is 11.1. The number of carboxylic acids is 1. The fourth-order valence-electron chi connectivity index (χ4n) is 1.50. The third-order valence-corrected chi connectivity index (χ3v) is 2.21. The number of nitrogens with zero attached hydrogens (tertiary/aromatic N) is 1. The molecule has 1 unspecified atom stereocenters. The van der Waals surface area contributed by atoms with Gasteiger partial charge in [0, 0.05) is 25.3 Å². The van der Waals surface area contributed by atoms with Gasteiger partial charge in [-0.2, -0.15) is 0 Å². The lowest BCUT2D eigenvalue weighted by Gasteiger charge is -2.13. The van der Waals surface area contributed by atoms with Crippen molar-refractivity contribution < 1.29 is 19.6 Å². The molecule has 1 heterocycles. The summed E-state index contributed by atoms with van der Waals surface area (Å²) >= 11 is 0. The van der Waals surface area contributed by atoms with Gasteiger partial charge in [0.1, 0.15) is 13.3 Å². The molecule has 1 rings (SSSR count). The SMILES string of the molecule is C[N+]1=CCCC1C/C([O-])=C/C(=O)O. The van der Waals surface area contributed by atoms with E-state index in [9.17, 15) is 9.90 Å². The molecule has 0 fully saturated rings. The van der Waals surface area contributed by atoms with Crippen LogP contribution in [0.1, 0.15) is 19.3 Å². The van der Waals surface area contributed by atoms with Gasteiger partial charge >= 0.3 is 5.97 Å². The Morgan fingerprint density at radius 2 is 2.54 bits per heavy atom. The van der Waals surface area contributed by atoms with Crippen LogP contribution in [0.4, 0.5) is 0 Å². The number of hydrogen-bond acceptors (Lipinski definition) is 2. The number of rotatable bonds is 3. The first-order valence-corrected chi connectivity index (χ1v) is 4.25. The second kappa shape index (κ2) is 4.07. The number of carbonyl (C=O) groups is 1. The van der Waals surface area contributed by atoms with Crippen LogP contribution in [-0.2, 0) is 4.79 Å². The molecule has 72 valence electrons. The fraction of sp³-hybridized carbons (Fsp3) is 0.556. The zero-order valence-corrected chi connectivity index (χ0v) is 7.56. The average molecular weight is 183 g/mol. The van der Waals surface area contributed by atoms with E-state index >= 15 is 0 Å². The Hall–Kier alpha value is -1.32. The molecule has 0 aromatic heterocycles. The van der Waals surface area contributed by atoms with Gasteiger partial charge < -0.3 is 10.2 Å². The second-order valence-corrected chi connectivity index (χ2v) is 3.23. The smallest absolute Gasteiger partial charge is 0.327 e. The minimum atomic E-state index is -1.16. The van der Waals surface area contributed by atoms with Crippen molar-refractivity contribution in [2.75, 3.05) is 7.05 Å². The molecule has 0 saturated heterocycles. The van der Waals surface area contributed by atoms with Crippen LogP contribution < -0.4 is 5.11 Å². The number of carboxylic acid groups (broad SMARTS) is 1. The van der Waals surface area contributed by atoms with E-state index in [-0.39, 0.29) is 11.8 Å². The Bertz CT molecular complexity index is 268. The largest absolute Gasteiger partial charge is 0.875 e. The van der Waals surface area contributed by atoms with Crippen molar-refractivity contribution in [3.05, 3.63) is 11.8 Å². The summed E-state index contributed by atoms with van der Waals surface area (Å²) in [6.07, 6.45) is 4.99. The fourth-order valence-corrected chi connectivity index (χ4v) is 1.50. The Morgan fingerprint density at radius 1 is 1.85 bits per heavy atom. The van der Waals surface area contributed by atoms with Crippen molar-refractivity contribution in [1.82, 2.24) is 0 Å². The third-order valence-electron chi connectivity index (χ3n) is 2.21. The predicted octanol–water partition coefficient (Wildman–Crippen LogP) is -0.419. The van der Waals surface area contributed by atoms with E-state index in [1.807, 2.05) is 17.8 Å². The van der Waals surface area contributed by atoms with Crippen LogP contribution in [-0.4, -0.2) is 35.0 Å². The minimum Gasteiger partial charge on any atom is -0.875 e. The lowest BCUT2D eigenvalue weighted by Crippen LogP contribution is -2.22. The molecule has 1 N–H and O–H groups in total. The zero-order chi connectivity index (χ0) is 9.84. The summed E-state index contributed by atoms with van der Waals surface area (Å²) in [4.78, 5) is 10.2. The van der Waals surface area contributed by atoms with Gasteiger partial charge in [-0.25, -0.2) is 9.37 Å². The maximum absolute atomic E-state index is 11.1. The highest BCUT2D eigenvalue weighted by atomic mass is 16.4. The average Bonchev–Trinajstić information content (AvgIpc) is 2.34. The molecule has 1 aliphatic rings. The molecule has 1 aliphatic heterocycles. The first-order valence-electron chi connectivity index (χ1n) is 4.25. The van der Waals surface area contributed by atoms with Crippen molar-refractivity contribution in [2.24, 2.45) is 0 Å². The summed E-state index contributed by atoms with van der Waals surface area (Å²) in [5, 5.41) is 19.4. The number of hydrogen-bond donors (Lipinski definition) is 1. The summed E-state index contributed by atoms with van der Waals surface area (Å²) in [5.74, 6) is -1.46. The van der Waals surface area contributed by atoms with Crippen LogP contribution >= 0.6 is 0 Å². The van der Waals surface area contributed by atoms with Gasteiger partial charge in [-0.3, -0.25) is 0 Å². The van der Waals surface area contributed by atoms with Gasteiger partial charge in [0.15, 0.2) is 6.04 Å². The van der Waals surface area contributed by atoms with E-state index in [4.69, 9.17) is 5.11 Å².